The quantitative estimate of drug-likeness (QED) is 0.752. The fraction of sp³-hybridized carbons (Fsp3) is 0.278. The monoisotopic (exact) mass is 305 g/mol. The first-order valence-electron chi connectivity index (χ1n) is 7.92. The summed E-state index contributed by atoms with van der Waals surface area (Å²) in [5.74, 6) is 0.878. The molecule has 1 unspecified atom stereocenters. The van der Waals surface area contributed by atoms with Crippen molar-refractivity contribution < 1.29 is 9.59 Å². The predicted octanol–water partition coefficient (Wildman–Crippen LogP) is 2.87. The largest absolute Gasteiger partial charge is 0.294 e. The molecule has 0 saturated heterocycles. The number of aryl methyl sites for hydroxylation is 1. The number of aromatic nitrogens is 2. The first kappa shape index (κ1) is 12.8. The molecule has 1 aromatic carbocycles. The highest BCUT2D eigenvalue weighted by atomic mass is 16.2. The van der Waals surface area contributed by atoms with Crippen molar-refractivity contribution in [3.63, 3.8) is 0 Å². The molecule has 2 aliphatic heterocycles. The summed E-state index contributed by atoms with van der Waals surface area (Å²) in [7, 11) is 0. The van der Waals surface area contributed by atoms with E-state index in [1.54, 1.807) is 4.90 Å². The van der Waals surface area contributed by atoms with E-state index in [4.69, 9.17) is 0 Å². The van der Waals surface area contributed by atoms with Gasteiger partial charge < -0.3 is 0 Å². The summed E-state index contributed by atoms with van der Waals surface area (Å²) < 4.78 is 1.81. The van der Waals surface area contributed by atoms with E-state index in [0.717, 1.165) is 41.2 Å². The van der Waals surface area contributed by atoms with Crippen LogP contribution in [-0.4, -0.2) is 21.5 Å². The van der Waals surface area contributed by atoms with Gasteiger partial charge in [-0.25, -0.2) is 4.68 Å². The number of benzene rings is 1. The topological polar surface area (TPSA) is 55.2 Å². The number of hydrogen-bond acceptors (Lipinski definition) is 3. The van der Waals surface area contributed by atoms with Gasteiger partial charge >= 0.3 is 0 Å². The molecule has 1 atom stereocenters. The summed E-state index contributed by atoms with van der Waals surface area (Å²) in [6.45, 7) is 1.92. The van der Waals surface area contributed by atoms with Crippen molar-refractivity contribution in [1.29, 1.82) is 0 Å². The van der Waals surface area contributed by atoms with Crippen LogP contribution in [0, 0.1) is 6.92 Å². The van der Waals surface area contributed by atoms with E-state index in [2.05, 4.69) is 5.10 Å². The molecule has 0 saturated carbocycles. The van der Waals surface area contributed by atoms with E-state index >= 15 is 0 Å². The van der Waals surface area contributed by atoms with Crippen molar-refractivity contribution in [3.05, 3.63) is 52.7 Å². The fourth-order valence-electron chi connectivity index (χ4n) is 4.07. The number of Topliss-reactive ketones (excluding diaryl/α,β-unsaturated/α-hetero) is 1. The molecule has 1 amide bonds. The van der Waals surface area contributed by atoms with Crippen LogP contribution in [0.1, 0.15) is 46.9 Å². The number of rotatable bonds is 0. The zero-order chi connectivity index (χ0) is 15.7. The number of ketones is 1. The van der Waals surface area contributed by atoms with Gasteiger partial charge in [-0.1, -0.05) is 18.2 Å². The van der Waals surface area contributed by atoms with Crippen molar-refractivity contribution in [2.45, 2.75) is 32.2 Å². The van der Waals surface area contributed by atoms with Gasteiger partial charge in [0.25, 0.3) is 5.91 Å². The molecular weight excluding hydrogens is 290 g/mol. The lowest BCUT2D eigenvalue weighted by atomic mass is 9.85. The second-order valence-corrected chi connectivity index (χ2v) is 6.36. The van der Waals surface area contributed by atoms with Gasteiger partial charge in [0.15, 0.2) is 5.78 Å². The van der Waals surface area contributed by atoms with Crippen LogP contribution in [-0.2, 0) is 4.79 Å². The molecule has 0 bridgehead atoms. The Bertz CT molecular complexity index is 922. The summed E-state index contributed by atoms with van der Waals surface area (Å²) in [6, 6.07) is 9.25. The van der Waals surface area contributed by atoms with Crippen LogP contribution in [0.4, 0.5) is 5.82 Å². The number of amides is 1. The maximum absolute atomic E-state index is 12.9. The van der Waals surface area contributed by atoms with Crippen molar-refractivity contribution >= 4 is 23.2 Å². The van der Waals surface area contributed by atoms with Crippen molar-refractivity contribution in [1.82, 2.24) is 9.78 Å². The minimum atomic E-state index is -0.287. The zero-order valence-electron chi connectivity index (χ0n) is 12.7. The second-order valence-electron chi connectivity index (χ2n) is 6.36. The van der Waals surface area contributed by atoms with E-state index < -0.39 is 0 Å². The van der Waals surface area contributed by atoms with Crippen LogP contribution >= 0.6 is 0 Å². The molecule has 1 aromatic heterocycles. The van der Waals surface area contributed by atoms with E-state index in [-0.39, 0.29) is 17.7 Å². The Balaban J connectivity index is 1.86. The molecule has 23 heavy (non-hydrogen) atoms. The number of nitrogens with zero attached hydrogens (tertiary/aromatic N) is 3. The lowest BCUT2D eigenvalue weighted by Crippen LogP contribution is -2.38. The molecule has 5 rings (SSSR count). The van der Waals surface area contributed by atoms with E-state index in [9.17, 15) is 9.59 Å². The molecule has 5 heteroatoms. The summed E-state index contributed by atoms with van der Waals surface area (Å²) >= 11 is 0. The molecule has 114 valence electrons. The predicted molar refractivity (Wildman–Crippen MR) is 85.0 cm³/mol. The second kappa shape index (κ2) is 4.19. The molecule has 0 radical (unpaired) electrons. The minimum absolute atomic E-state index is 0.0447. The summed E-state index contributed by atoms with van der Waals surface area (Å²) in [5, 5.41) is 4.54. The molecule has 0 spiro atoms. The molecular formula is C18H15N3O2. The van der Waals surface area contributed by atoms with E-state index in [1.165, 1.54) is 0 Å². The smallest absolute Gasteiger partial charge is 0.260 e. The van der Waals surface area contributed by atoms with Gasteiger partial charge in [0.2, 0.25) is 0 Å². The molecule has 1 aliphatic carbocycles. The van der Waals surface area contributed by atoms with E-state index in [1.807, 2.05) is 41.9 Å². The van der Waals surface area contributed by atoms with Gasteiger partial charge in [-0.2, -0.15) is 5.10 Å². The summed E-state index contributed by atoms with van der Waals surface area (Å²) in [6.07, 6.45) is 2.23. The Morgan fingerprint density at radius 3 is 2.87 bits per heavy atom. The third-order valence-corrected chi connectivity index (χ3v) is 4.98. The van der Waals surface area contributed by atoms with Gasteiger partial charge in [-0.05, 0) is 31.4 Å². The maximum Gasteiger partial charge on any atom is 0.260 e. The van der Waals surface area contributed by atoms with Crippen molar-refractivity contribution in [2.75, 3.05) is 4.90 Å². The molecule has 0 N–H and O–H groups in total. The van der Waals surface area contributed by atoms with Gasteiger partial charge in [0.05, 0.1) is 17.4 Å². The van der Waals surface area contributed by atoms with Gasteiger partial charge in [-0.15, -0.1) is 0 Å². The SMILES string of the molecule is Cc1cc2n(n1)C1=C(C(=O)CCC1)C1c3ccccc3C(=O)N21. The highest BCUT2D eigenvalue weighted by Gasteiger charge is 2.47. The first-order valence-corrected chi connectivity index (χ1v) is 7.92. The van der Waals surface area contributed by atoms with Crippen molar-refractivity contribution in [2.24, 2.45) is 0 Å². The Labute approximate surface area is 133 Å². The normalized spacial score (nSPS) is 22.0. The van der Waals surface area contributed by atoms with E-state index in [0.29, 0.717) is 12.0 Å². The Kier molecular flexibility index (Phi) is 2.33. The number of fused-ring (bicyclic) bond motifs is 7. The van der Waals surface area contributed by atoms with Gasteiger partial charge in [0, 0.05) is 23.6 Å². The minimum Gasteiger partial charge on any atom is -0.294 e. The lowest BCUT2D eigenvalue weighted by Gasteiger charge is -2.36. The zero-order valence-corrected chi connectivity index (χ0v) is 12.7. The molecule has 0 fully saturated rings. The molecule has 3 aliphatic rings. The number of carbonyl (C=O) groups is 2. The number of allylic oxidation sites excluding steroid dienone is 1. The summed E-state index contributed by atoms with van der Waals surface area (Å²) in [4.78, 5) is 27.3. The molecule has 3 heterocycles. The Morgan fingerprint density at radius 2 is 2.00 bits per heavy atom. The Morgan fingerprint density at radius 1 is 1.17 bits per heavy atom. The molecule has 5 nitrogen and oxygen atoms in total. The number of carbonyl (C=O) groups excluding carboxylic acids is 2. The highest BCUT2D eigenvalue weighted by molar-refractivity contribution is 6.16. The highest BCUT2D eigenvalue weighted by Crippen LogP contribution is 2.49. The van der Waals surface area contributed by atoms with Crippen LogP contribution in [0.2, 0.25) is 0 Å². The van der Waals surface area contributed by atoms with Gasteiger partial charge in [0.1, 0.15) is 5.82 Å². The lowest BCUT2D eigenvalue weighted by molar-refractivity contribution is -0.116. The number of anilines is 1. The standard InChI is InChI=1S/C18H15N3O2/c1-10-9-15-20-17(11-5-2-3-6-12(11)18(20)23)16-13(21(15)19-10)7-4-8-14(16)22/h2-3,5-6,9,17H,4,7-8H2,1H3. The average Bonchev–Trinajstić information content (AvgIpc) is 3.07. The Hall–Kier alpha value is -2.69. The van der Waals surface area contributed by atoms with Gasteiger partial charge in [-0.3, -0.25) is 14.5 Å². The maximum atomic E-state index is 12.9. The third-order valence-electron chi connectivity index (χ3n) is 4.98. The summed E-state index contributed by atoms with van der Waals surface area (Å²) in [5.41, 5.74) is 4.20. The van der Waals surface area contributed by atoms with Crippen molar-refractivity contribution in [3.8, 4) is 0 Å². The van der Waals surface area contributed by atoms with Crippen LogP contribution in [0.5, 0.6) is 0 Å². The molecule has 2 aromatic rings. The fourth-order valence-corrected chi connectivity index (χ4v) is 4.07. The van der Waals surface area contributed by atoms with Crippen LogP contribution in [0.25, 0.3) is 5.70 Å². The average molecular weight is 305 g/mol. The third kappa shape index (κ3) is 1.49. The van der Waals surface area contributed by atoms with Crippen LogP contribution in [0.3, 0.4) is 0 Å². The number of hydrogen-bond donors (Lipinski definition) is 0. The first-order chi connectivity index (χ1) is 11.2. The van der Waals surface area contributed by atoms with Crippen LogP contribution in [0.15, 0.2) is 35.9 Å². The van der Waals surface area contributed by atoms with Crippen LogP contribution < -0.4 is 4.90 Å².